The maximum absolute atomic E-state index is 12.9. The van der Waals surface area contributed by atoms with E-state index in [1.807, 2.05) is 24.0 Å². The molecule has 1 unspecified atom stereocenters. The van der Waals surface area contributed by atoms with Crippen LogP contribution >= 0.6 is 0 Å². The van der Waals surface area contributed by atoms with Gasteiger partial charge in [-0.15, -0.1) is 0 Å². The number of pyridine rings is 1. The third kappa shape index (κ3) is 3.11. The molecule has 0 radical (unpaired) electrons. The first kappa shape index (κ1) is 17.8. The van der Waals surface area contributed by atoms with Gasteiger partial charge in [-0.25, -0.2) is 0 Å². The minimum absolute atomic E-state index is 0.0841. The fourth-order valence-corrected chi connectivity index (χ4v) is 4.90. The van der Waals surface area contributed by atoms with Gasteiger partial charge in [0, 0.05) is 49.9 Å². The number of likely N-dealkylation sites (N-methyl/N-ethyl adjacent to an activating group) is 1. The number of piperidine rings is 1. The Labute approximate surface area is 165 Å². The van der Waals surface area contributed by atoms with E-state index in [4.69, 9.17) is 9.51 Å². The number of carbonyl (C=O) groups is 1. The molecule has 0 N–H and O–H groups in total. The number of rotatable bonds is 3. The molecule has 3 fully saturated rings. The average Bonchev–Trinajstić information content (AvgIpc) is 3.35. The molecule has 1 atom stereocenters. The monoisotopic (exact) mass is 381 g/mol. The molecule has 148 valence electrons. The second-order valence-electron chi connectivity index (χ2n) is 8.86. The number of amides is 1. The molecule has 1 spiro atoms. The largest absolute Gasteiger partial charge is 0.339 e. The van der Waals surface area contributed by atoms with Crippen LogP contribution in [-0.2, 0) is 0 Å². The van der Waals surface area contributed by atoms with E-state index < -0.39 is 0 Å². The van der Waals surface area contributed by atoms with Gasteiger partial charge in [0.2, 0.25) is 5.89 Å². The lowest BCUT2D eigenvalue weighted by Gasteiger charge is -2.41. The van der Waals surface area contributed by atoms with E-state index in [0.29, 0.717) is 11.5 Å². The van der Waals surface area contributed by atoms with Gasteiger partial charge in [-0.1, -0.05) is 5.16 Å². The highest BCUT2D eigenvalue weighted by atomic mass is 16.5. The highest BCUT2D eigenvalue weighted by Crippen LogP contribution is 2.49. The summed E-state index contributed by atoms with van der Waals surface area (Å²) in [6, 6.07) is 3.77. The minimum atomic E-state index is 0.0841. The van der Waals surface area contributed by atoms with Gasteiger partial charge in [-0.05, 0) is 57.2 Å². The summed E-state index contributed by atoms with van der Waals surface area (Å²) in [7, 11) is 2.17. The molecule has 3 aliphatic rings. The number of likely N-dealkylation sites (tertiary alicyclic amines) is 2. The molecule has 5 rings (SSSR count). The van der Waals surface area contributed by atoms with Crippen LogP contribution in [0.3, 0.4) is 0 Å². The number of hydrogen-bond donors (Lipinski definition) is 0. The SMILES string of the molecule is Cc1ccc(C(=O)N2CCC3(CC2)CN(C)CC3c2noc(C3CC3)n2)cn1. The molecule has 1 amide bonds. The van der Waals surface area contributed by atoms with Crippen molar-refractivity contribution in [1.82, 2.24) is 24.9 Å². The standard InChI is InChI=1S/C21H27N5O2/c1-14-3-4-16(11-22-14)20(27)26-9-7-21(8-10-26)13-25(2)12-17(21)18-23-19(28-24-18)15-5-6-15/h3-4,11,15,17H,5-10,12-13H2,1-2H3. The molecular formula is C21H27N5O2. The minimum Gasteiger partial charge on any atom is -0.339 e. The van der Waals surface area contributed by atoms with Gasteiger partial charge < -0.3 is 14.3 Å². The molecule has 1 saturated carbocycles. The summed E-state index contributed by atoms with van der Waals surface area (Å²) in [5.74, 6) is 2.54. The van der Waals surface area contributed by atoms with E-state index in [-0.39, 0.29) is 17.2 Å². The number of nitrogens with zero attached hydrogens (tertiary/aromatic N) is 5. The Hall–Kier alpha value is -2.28. The number of aromatic nitrogens is 3. The summed E-state index contributed by atoms with van der Waals surface area (Å²) < 4.78 is 5.55. The molecule has 0 aromatic carbocycles. The Morgan fingerprint density at radius 2 is 2.04 bits per heavy atom. The molecule has 2 aromatic rings. The molecule has 4 heterocycles. The highest BCUT2D eigenvalue weighted by molar-refractivity contribution is 5.94. The summed E-state index contributed by atoms with van der Waals surface area (Å²) in [6.07, 6.45) is 5.97. The molecule has 7 heteroatoms. The van der Waals surface area contributed by atoms with E-state index in [1.54, 1.807) is 6.20 Å². The van der Waals surface area contributed by atoms with Crippen LogP contribution < -0.4 is 0 Å². The van der Waals surface area contributed by atoms with Crippen molar-refractivity contribution in [1.29, 1.82) is 0 Å². The zero-order chi connectivity index (χ0) is 19.3. The van der Waals surface area contributed by atoms with Crippen LogP contribution in [0.1, 0.15) is 65.3 Å². The van der Waals surface area contributed by atoms with Crippen LogP contribution in [0.5, 0.6) is 0 Å². The van der Waals surface area contributed by atoms with Crippen molar-refractivity contribution < 1.29 is 9.32 Å². The Morgan fingerprint density at radius 1 is 1.25 bits per heavy atom. The van der Waals surface area contributed by atoms with Gasteiger partial charge in [-0.2, -0.15) is 4.98 Å². The van der Waals surface area contributed by atoms with Gasteiger partial charge >= 0.3 is 0 Å². The molecule has 0 bridgehead atoms. The average molecular weight is 381 g/mol. The molecular weight excluding hydrogens is 354 g/mol. The van der Waals surface area contributed by atoms with Gasteiger partial charge in [0.05, 0.1) is 5.56 Å². The Morgan fingerprint density at radius 3 is 2.71 bits per heavy atom. The van der Waals surface area contributed by atoms with Crippen LogP contribution in [-0.4, -0.2) is 64.1 Å². The van der Waals surface area contributed by atoms with E-state index in [9.17, 15) is 4.79 Å². The van der Waals surface area contributed by atoms with Crippen LogP contribution in [0, 0.1) is 12.3 Å². The summed E-state index contributed by atoms with van der Waals surface area (Å²) in [4.78, 5) is 26.2. The maximum atomic E-state index is 12.9. The van der Waals surface area contributed by atoms with Crippen LogP contribution in [0.15, 0.2) is 22.9 Å². The van der Waals surface area contributed by atoms with Crippen molar-refractivity contribution in [2.24, 2.45) is 5.41 Å². The van der Waals surface area contributed by atoms with E-state index >= 15 is 0 Å². The number of hydrogen-bond acceptors (Lipinski definition) is 6. The molecule has 2 aliphatic heterocycles. The van der Waals surface area contributed by atoms with Gasteiger partial charge in [-0.3, -0.25) is 9.78 Å². The fraction of sp³-hybridized carbons (Fsp3) is 0.619. The third-order valence-electron chi connectivity index (χ3n) is 6.72. The first-order valence-corrected chi connectivity index (χ1v) is 10.3. The van der Waals surface area contributed by atoms with E-state index in [2.05, 4.69) is 22.1 Å². The van der Waals surface area contributed by atoms with Crippen LogP contribution in [0.2, 0.25) is 0 Å². The van der Waals surface area contributed by atoms with Crippen molar-refractivity contribution in [2.45, 2.75) is 44.4 Å². The van der Waals surface area contributed by atoms with Crippen molar-refractivity contribution in [3.8, 4) is 0 Å². The van der Waals surface area contributed by atoms with Crippen LogP contribution in [0.4, 0.5) is 0 Å². The molecule has 1 aliphatic carbocycles. The second kappa shape index (κ2) is 6.65. The lowest BCUT2D eigenvalue weighted by Crippen LogP contribution is -2.46. The first-order valence-electron chi connectivity index (χ1n) is 10.3. The lowest BCUT2D eigenvalue weighted by atomic mass is 9.70. The molecule has 7 nitrogen and oxygen atoms in total. The zero-order valence-electron chi connectivity index (χ0n) is 16.6. The molecule has 2 aromatic heterocycles. The van der Waals surface area contributed by atoms with Crippen LogP contribution in [0.25, 0.3) is 0 Å². The lowest BCUT2D eigenvalue weighted by molar-refractivity contribution is 0.0561. The normalized spacial score (nSPS) is 24.8. The summed E-state index contributed by atoms with van der Waals surface area (Å²) in [6.45, 7) is 5.45. The third-order valence-corrected chi connectivity index (χ3v) is 6.72. The smallest absolute Gasteiger partial charge is 0.255 e. The summed E-state index contributed by atoms with van der Waals surface area (Å²) >= 11 is 0. The summed E-state index contributed by atoms with van der Waals surface area (Å²) in [5, 5.41) is 4.35. The predicted molar refractivity (Wildman–Crippen MR) is 103 cm³/mol. The quantitative estimate of drug-likeness (QED) is 0.814. The zero-order valence-corrected chi connectivity index (χ0v) is 16.6. The van der Waals surface area contributed by atoms with E-state index in [0.717, 1.165) is 56.4 Å². The van der Waals surface area contributed by atoms with E-state index in [1.165, 1.54) is 12.8 Å². The van der Waals surface area contributed by atoms with Gasteiger partial charge in [0.25, 0.3) is 5.91 Å². The number of carbonyl (C=O) groups excluding carboxylic acids is 1. The number of aryl methyl sites for hydroxylation is 1. The Kier molecular flexibility index (Phi) is 4.23. The molecule has 2 saturated heterocycles. The van der Waals surface area contributed by atoms with Crippen molar-refractivity contribution in [3.63, 3.8) is 0 Å². The summed E-state index contributed by atoms with van der Waals surface area (Å²) in [5.41, 5.74) is 1.73. The topological polar surface area (TPSA) is 75.4 Å². The predicted octanol–water partition coefficient (Wildman–Crippen LogP) is 2.60. The highest BCUT2D eigenvalue weighted by Gasteiger charge is 2.50. The first-order chi connectivity index (χ1) is 13.5. The maximum Gasteiger partial charge on any atom is 0.255 e. The van der Waals surface area contributed by atoms with Gasteiger partial charge in [0.1, 0.15) is 0 Å². The van der Waals surface area contributed by atoms with Gasteiger partial charge in [0.15, 0.2) is 5.82 Å². The second-order valence-corrected chi connectivity index (χ2v) is 8.86. The fourth-order valence-electron chi connectivity index (χ4n) is 4.90. The van der Waals surface area contributed by atoms with Crippen molar-refractivity contribution >= 4 is 5.91 Å². The van der Waals surface area contributed by atoms with Crippen molar-refractivity contribution in [3.05, 3.63) is 41.3 Å². The Balaban J connectivity index is 1.31. The molecule has 28 heavy (non-hydrogen) atoms. The Bertz CT molecular complexity index is 865. The van der Waals surface area contributed by atoms with Crippen molar-refractivity contribution in [2.75, 3.05) is 33.2 Å².